The van der Waals surface area contributed by atoms with Crippen LogP contribution in [0, 0.1) is 5.92 Å². The number of rotatable bonds is 7. The van der Waals surface area contributed by atoms with E-state index in [0.717, 1.165) is 12.0 Å². The van der Waals surface area contributed by atoms with Gasteiger partial charge in [-0.25, -0.2) is 8.42 Å². The van der Waals surface area contributed by atoms with Crippen LogP contribution in [0.2, 0.25) is 10.0 Å². The van der Waals surface area contributed by atoms with Crippen molar-refractivity contribution >= 4 is 39.1 Å². The summed E-state index contributed by atoms with van der Waals surface area (Å²) in [7, 11) is -3.89. The van der Waals surface area contributed by atoms with E-state index in [-0.39, 0.29) is 45.6 Å². The fourth-order valence-corrected chi connectivity index (χ4v) is 5.88. The average Bonchev–Trinajstić information content (AvgIpc) is 2.77. The molecule has 1 fully saturated rings. The van der Waals surface area contributed by atoms with E-state index in [9.17, 15) is 13.2 Å². The summed E-state index contributed by atoms with van der Waals surface area (Å²) in [4.78, 5) is 13.0. The van der Waals surface area contributed by atoms with Crippen LogP contribution in [0.15, 0.2) is 41.3 Å². The molecule has 0 aromatic heterocycles. The van der Waals surface area contributed by atoms with E-state index in [2.05, 4.69) is 12.2 Å². The van der Waals surface area contributed by atoms with Crippen LogP contribution in [-0.4, -0.2) is 44.9 Å². The maximum absolute atomic E-state index is 13.2. The van der Waals surface area contributed by atoms with Crippen molar-refractivity contribution < 1.29 is 17.9 Å². The van der Waals surface area contributed by atoms with Gasteiger partial charge in [0.1, 0.15) is 4.90 Å². The molecular formula is C23H28Cl2N2O4S. The fraction of sp³-hybridized carbons (Fsp3) is 0.435. The largest absolute Gasteiger partial charge is 0.379 e. The Morgan fingerprint density at radius 2 is 1.72 bits per heavy atom. The summed E-state index contributed by atoms with van der Waals surface area (Å²) in [5.41, 5.74) is 2.25. The molecule has 0 spiro atoms. The third-order valence-electron chi connectivity index (χ3n) is 5.55. The number of morpholine rings is 1. The van der Waals surface area contributed by atoms with Crippen LogP contribution in [-0.2, 0) is 21.2 Å². The van der Waals surface area contributed by atoms with Crippen molar-refractivity contribution in [2.24, 2.45) is 5.92 Å². The van der Waals surface area contributed by atoms with Crippen molar-refractivity contribution in [3.8, 4) is 0 Å². The van der Waals surface area contributed by atoms with Crippen molar-refractivity contribution in [3.05, 3.63) is 63.1 Å². The third kappa shape index (κ3) is 5.46. The minimum Gasteiger partial charge on any atom is -0.379 e. The third-order valence-corrected chi connectivity index (χ3v) is 8.23. The van der Waals surface area contributed by atoms with Gasteiger partial charge in [0.05, 0.1) is 34.9 Å². The Morgan fingerprint density at radius 1 is 1.09 bits per heavy atom. The van der Waals surface area contributed by atoms with Gasteiger partial charge in [0.25, 0.3) is 5.91 Å². The minimum absolute atomic E-state index is 0.0198. The molecule has 2 aromatic carbocycles. The van der Waals surface area contributed by atoms with Gasteiger partial charge in [-0.15, -0.1) is 0 Å². The molecule has 2 aromatic rings. The number of ether oxygens (including phenoxy) is 1. The second kappa shape index (κ2) is 10.5. The highest BCUT2D eigenvalue weighted by Crippen LogP contribution is 2.32. The van der Waals surface area contributed by atoms with Gasteiger partial charge in [-0.3, -0.25) is 4.79 Å². The predicted molar refractivity (Wildman–Crippen MR) is 127 cm³/mol. The molecule has 0 saturated carbocycles. The molecule has 3 rings (SSSR count). The van der Waals surface area contributed by atoms with Gasteiger partial charge in [0.2, 0.25) is 10.0 Å². The predicted octanol–water partition coefficient (Wildman–Crippen LogP) is 4.70. The van der Waals surface area contributed by atoms with Gasteiger partial charge >= 0.3 is 0 Å². The highest BCUT2D eigenvalue weighted by molar-refractivity contribution is 7.89. The van der Waals surface area contributed by atoms with Crippen LogP contribution < -0.4 is 5.32 Å². The van der Waals surface area contributed by atoms with Gasteiger partial charge in [-0.05, 0) is 35.6 Å². The fourth-order valence-electron chi connectivity index (χ4n) is 3.64. The first-order chi connectivity index (χ1) is 15.1. The first-order valence-corrected chi connectivity index (χ1v) is 12.8. The molecule has 0 radical (unpaired) electrons. The molecule has 0 bridgehead atoms. The number of amides is 1. The summed E-state index contributed by atoms with van der Waals surface area (Å²) >= 11 is 12.5. The van der Waals surface area contributed by atoms with E-state index in [1.54, 1.807) is 0 Å². The van der Waals surface area contributed by atoms with Gasteiger partial charge in [-0.1, -0.05) is 68.2 Å². The highest BCUT2D eigenvalue weighted by Gasteiger charge is 2.30. The first kappa shape index (κ1) is 25.0. The summed E-state index contributed by atoms with van der Waals surface area (Å²) in [6, 6.07) is 10.4. The Labute approximate surface area is 199 Å². The Bertz CT molecular complexity index is 1070. The number of aryl methyl sites for hydroxylation is 1. The standard InChI is InChI=1S/C23H28Cl2N2O4S/c1-4-16-5-7-17(8-6-16)22(15(2)3)26-23(28)18-13-21(20(25)14-19(18)24)32(29,30)27-9-11-31-12-10-27/h5-8,13-15,22H,4,9-12H2,1-3H3,(H,26,28). The molecule has 1 unspecified atom stereocenters. The van der Waals surface area contributed by atoms with Gasteiger partial charge in [-0.2, -0.15) is 4.31 Å². The number of carbonyl (C=O) groups is 1. The maximum atomic E-state index is 13.2. The lowest BCUT2D eigenvalue weighted by molar-refractivity contribution is 0.0730. The number of halogens is 2. The second-order valence-corrected chi connectivity index (χ2v) is 10.8. The number of sulfonamides is 1. The topological polar surface area (TPSA) is 75.7 Å². The average molecular weight is 499 g/mol. The molecule has 1 aliphatic heterocycles. The van der Waals surface area contributed by atoms with E-state index < -0.39 is 15.9 Å². The molecule has 1 amide bonds. The molecule has 6 nitrogen and oxygen atoms in total. The van der Waals surface area contributed by atoms with Gasteiger partial charge < -0.3 is 10.1 Å². The second-order valence-electron chi connectivity index (χ2n) is 8.07. The monoisotopic (exact) mass is 498 g/mol. The van der Waals surface area contributed by atoms with Crippen molar-refractivity contribution in [2.75, 3.05) is 26.3 Å². The Hall–Kier alpha value is -1.64. The molecule has 32 heavy (non-hydrogen) atoms. The van der Waals surface area contributed by atoms with E-state index >= 15 is 0 Å². The lowest BCUT2D eigenvalue weighted by Gasteiger charge is -2.27. The number of nitrogens with one attached hydrogen (secondary N) is 1. The van der Waals surface area contributed by atoms with Crippen LogP contribution >= 0.6 is 23.2 Å². The molecule has 1 heterocycles. The Kier molecular flexibility index (Phi) is 8.22. The maximum Gasteiger partial charge on any atom is 0.253 e. The number of nitrogens with zero attached hydrogens (tertiary/aromatic N) is 1. The van der Waals surface area contributed by atoms with E-state index in [1.807, 2.05) is 38.1 Å². The molecule has 1 aliphatic rings. The summed E-state index contributed by atoms with van der Waals surface area (Å²) in [5, 5.41) is 3.09. The minimum atomic E-state index is -3.89. The molecule has 1 saturated heterocycles. The van der Waals surface area contributed by atoms with Crippen molar-refractivity contribution in [2.45, 2.75) is 38.1 Å². The Morgan fingerprint density at radius 3 is 2.28 bits per heavy atom. The van der Waals surface area contributed by atoms with Crippen LogP contribution in [0.5, 0.6) is 0 Å². The summed E-state index contributed by atoms with van der Waals surface area (Å²) < 4.78 is 32.8. The Balaban J connectivity index is 1.92. The summed E-state index contributed by atoms with van der Waals surface area (Å²) in [6.45, 7) is 7.18. The van der Waals surface area contributed by atoms with Crippen molar-refractivity contribution in [1.82, 2.24) is 9.62 Å². The summed E-state index contributed by atoms with van der Waals surface area (Å²) in [5.74, 6) is -0.350. The number of carbonyl (C=O) groups excluding carboxylic acids is 1. The van der Waals surface area contributed by atoms with E-state index in [0.29, 0.717) is 13.2 Å². The molecule has 9 heteroatoms. The van der Waals surface area contributed by atoms with Crippen LogP contribution in [0.4, 0.5) is 0 Å². The number of hydrogen-bond donors (Lipinski definition) is 1. The van der Waals surface area contributed by atoms with Crippen LogP contribution in [0.3, 0.4) is 0 Å². The van der Waals surface area contributed by atoms with Gasteiger partial charge in [0, 0.05) is 13.1 Å². The zero-order valence-corrected chi connectivity index (χ0v) is 20.7. The smallest absolute Gasteiger partial charge is 0.253 e. The van der Waals surface area contributed by atoms with Crippen molar-refractivity contribution in [1.29, 1.82) is 0 Å². The lowest BCUT2D eigenvalue weighted by atomic mass is 9.94. The normalized spacial score (nSPS) is 16.2. The molecule has 1 N–H and O–H groups in total. The molecule has 1 atom stereocenters. The number of hydrogen-bond acceptors (Lipinski definition) is 4. The molecule has 174 valence electrons. The zero-order valence-electron chi connectivity index (χ0n) is 18.4. The van der Waals surface area contributed by atoms with Gasteiger partial charge in [0.15, 0.2) is 0 Å². The van der Waals surface area contributed by atoms with E-state index in [4.69, 9.17) is 27.9 Å². The number of benzene rings is 2. The SMILES string of the molecule is CCc1ccc(C(NC(=O)c2cc(S(=O)(=O)N3CCOCC3)c(Cl)cc2Cl)C(C)C)cc1. The highest BCUT2D eigenvalue weighted by atomic mass is 35.5. The molecular weight excluding hydrogens is 471 g/mol. The van der Waals surface area contributed by atoms with Crippen LogP contribution in [0.25, 0.3) is 0 Å². The summed E-state index contributed by atoms with van der Waals surface area (Å²) in [6.07, 6.45) is 0.930. The first-order valence-electron chi connectivity index (χ1n) is 10.6. The molecule has 0 aliphatic carbocycles. The quantitative estimate of drug-likeness (QED) is 0.599. The lowest BCUT2D eigenvalue weighted by Crippen LogP contribution is -2.40. The van der Waals surface area contributed by atoms with Crippen molar-refractivity contribution in [3.63, 3.8) is 0 Å². The zero-order chi connectivity index (χ0) is 23.5. The van der Waals surface area contributed by atoms with E-state index in [1.165, 1.54) is 22.0 Å². The van der Waals surface area contributed by atoms with Crippen LogP contribution in [0.1, 0.15) is 48.3 Å².